The van der Waals surface area contributed by atoms with Crippen molar-refractivity contribution in [1.82, 2.24) is 0 Å². The lowest BCUT2D eigenvalue weighted by atomic mass is 9.78. The molecule has 1 atom stereocenters. The molecule has 2 rings (SSSR count). The molecular formula is C51H92O2S4. The summed E-state index contributed by atoms with van der Waals surface area (Å²) in [6, 6.07) is 4.41. The van der Waals surface area contributed by atoms with Crippen LogP contribution < -0.4 is 0 Å². The van der Waals surface area contributed by atoms with Gasteiger partial charge in [0.1, 0.15) is 5.75 Å². The van der Waals surface area contributed by atoms with E-state index in [0.717, 1.165) is 40.6 Å². The number of phenolic OH excluding ortho intramolecular Hbond substituents is 1. The average Bonchev–Trinajstić information content (AvgIpc) is 3.21. The molecule has 0 aliphatic heterocycles. The Kier molecular flexibility index (Phi) is 37.3. The third kappa shape index (κ3) is 27.4. The van der Waals surface area contributed by atoms with Crippen molar-refractivity contribution in [2.24, 2.45) is 5.41 Å². The van der Waals surface area contributed by atoms with Crippen LogP contribution in [0.4, 0.5) is 0 Å². The second-order valence-electron chi connectivity index (χ2n) is 16.8. The molecule has 0 bridgehead atoms. The van der Waals surface area contributed by atoms with E-state index >= 15 is 0 Å². The quantitative estimate of drug-likeness (QED) is 0.0650. The fourth-order valence-electron chi connectivity index (χ4n) is 7.48. The average molecular weight is 866 g/mol. The summed E-state index contributed by atoms with van der Waals surface area (Å²) in [5, 5.41) is 21.5. The smallest absolute Gasteiger partial charge is 0.122 e. The number of thioether (sulfide) groups is 4. The van der Waals surface area contributed by atoms with E-state index in [0.29, 0.717) is 5.75 Å². The number of unbranched alkanes of at least 4 members (excludes halogenated alkanes) is 20. The van der Waals surface area contributed by atoms with E-state index < -0.39 is 0 Å². The molecule has 0 radical (unpaired) electrons. The first-order valence-corrected chi connectivity index (χ1v) is 28.7. The molecule has 1 unspecified atom stereocenters. The van der Waals surface area contributed by atoms with Crippen molar-refractivity contribution in [3.63, 3.8) is 0 Å². The zero-order valence-electron chi connectivity index (χ0n) is 38.3. The van der Waals surface area contributed by atoms with E-state index in [1.54, 1.807) is 0 Å². The van der Waals surface area contributed by atoms with Crippen molar-refractivity contribution in [2.75, 3.05) is 34.5 Å². The number of phenols is 1. The predicted octanol–water partition coefficient (Wildman–Crippen LogP) is 17.3. The highest BCUT2D eigenvalue weighted by Crippen LogP contribution is 2.40. The van der Waals surface area contributed by atoms with Crippen molar-refractivity contribution < 1.29 is 10.2 Å². The molecule has 6 heteroatoms. The molecule has 1 aliphatic carbocycles. The maximum atomic E-state index is 11.1. The number of benzene rings is 1. The maximum absolute atomic E-state index is 11.1. The van der Waals surface area contributed by atoms with Gasteiger partial charge in [0.2, 0.25) is 0 Å². The van der Waals surface area contributed by atoms with Crippen molar-refractivity contribution in [3.05, 3.63) is 52.6 Å². The summed E-state index contributed by atoms with van der Waals surface area (Å²) >= 11 is 8.15. The van der Waals surface area contributed by atoms with Crippen LogP contribution in [0.3, 0.4) is 0 Å². The molecule has 1 aromatic rings. The van der Waals surface area contributed by atoms with Crippen molar-refractivity contribution in [2.45, 2.75) is 220 Å². The van der Waals surface area contributed by atoms with Crippen LogP contribution in [0.1, 0.15) is 212 Å². The van der Waals surface area contributed by atoms with Crippen molar-refractivity contribution in [1.29, 1.82) is 0 Å². The molecule has 2 nitrogen and oxygen atoms in total. The van der Waals surface area contributed by atoms with Gasteiger partial charge in [-0.3, -0.25) is 0 Å². The van der Waals surface area contributed by atoms with E-state index in [1.165, 1.54) is 188 Å². The van der Waals surface area contributed by atoms with Crippen molar-refractivity contribution >= 4 is 47.0 Å². The van der Waals surface area contributed by atoms with Gasteiger partial charge in [0, 0.05) is 34.0 Å². The number of aliphatic hydroxyl groups excluding tert-OH is 1. The predicted molar refractivity (Wildman–Crippen MR) is 269 cm³/mol. The van der Waals surface area contributed by atoms with E-state index in [4.69, 9.17) is 0 Å². The molecule has 0 spiro atoms. The monoisotopic (exact) mass is 865 g/mol. The van der Waals surface area contributed by atoms with Gasteiger partial charge >= 0.3 is 0 Å². The molecule has 0 amide bonds. The number of aliphatic hydroxyl groups is 1. The summed E-state index contributed by atoms with van der Waals surface area (Å²) < 4.78 is 0. The lowest BCUT2D eigenvalue weighted by Gasteiger charge is -2.38. The fraction of sp³-hybridized carbons (Fsp3) is 0.804. The van der Waals surface area contributed by atoms with Crippen LogP contribution in [0, 0.1) is 12.3 Å². The highest BCUT2D eigenvalue weighted by molar-refractivity contribution is 8.00. The molecule has 1 aliphatic rings. The topological polar surface area (TPSA) is 40.5 Å². The Labute approximate surface area is 373 Å². The number of aryl methyl sites for hydroxylation is 1. The van der Waals surface area contributed by atoms with Gasteiger partial charge in [-0.25, -0.2) is 0 Å². The summed E-state index contributed by atoms with van der Waals surface area (Å²) in [6.45, 7) is 13.3. The number of aromatic hydroxyl groups is 1. The van der Waals surface area contributed by atoms with Gasteiger partial charge in [-0.05, 0) is 78.7 Å². The second kappa shape index (κ2) is 38.8. The van der Waals surface area contributed by atoms with Gasteiger partial charge in [-0.1, -0.05) is 193 Å². The molecule has 0 heterocycles. The van der Waals surface area contributed by atoms with E-state index in [1.807, 2.05) is 30.4 Å². The molecule has 0 fully saturated rings. The second-order valence-corrected chi connectivity index (χ2v) is 21.2. The normalized spacial score (nSPS) is 14.8. The first-order chi connectivity index (χ1) is 27.9. The minimum Gasteiger partial charge on any atom is -0.507 e. The van der Waals surface area contributed by atoms with Crippen LogP contribution in [-0.4, -0.2) is 50.8 Å². The van der Waals surface area contributed by atoms with Crippen molar-refractivity contribution in [3.8, 4) is 5.75 Å². The molecule has 57 heavy (non-hydrogen) atoms. The van der Waals surface area contributed by atoms with Gasteiger partial charge in [0.25, 0.3) is 0 Å². The van der Waals surface area contributed by atoms with Crippen LogP contribution in [0.15, 0.2) is 35.9 Å². The molecule has 332 valence electrons. The number of hydrogen-bond donors (Lipinski definition) is 2. The maximum Gasteiger partial charge on any atom is 0.122 e. The molecule has 2 N–H and O–H groups in total. The van der Waals surface area contributed by atoms with Crippen LogP contribution >= 0.6 is 47.0 Å². The largest absolute Gasteiger partial charge is 0.507 e. The summed E-state index contributed by atoms with van der Waals surface area (Å²) in [4.78, 5) is 0. The van der Waals surface area contributed by atoms with Gasteiger partial charge < -0.3 is 10.2 Å². The van der Waals surface area contributed by atoms with Crippen LogP contribution in [0.5, 0.6) is 5.75 Å². The third-order valence-corrected chi connectivity index (χ3v) is 16.2. The lowest BCUT2D eigenvalue weighted by Crippen LogP contribution is -2.41. The Morgan fingerprint density at radius 1 is 0.526 bits per heavy atom. The summed E-state index contributed by atoms with van der Waals surface area (Å²) in [5.41, 5.74) is 4.69. The zero-order valence-corrected chi connectivity index (χ0v) is 41.6. The summed E-state index contributed by atoms with van der Waals surface area (Å²) in [6.07, 6.45) is 40.0. The Morgan fingerprint density at radius 3 is 1.37 bits per heavy atom. The Balaban J connectivity index is 0.000000570. The molecule has 0 saturated carbocycles. The number of allylic oxidation sites excluding steroid dienone is 2. The molecule has 0 saturated heterocycles. The Morgan fingerprint density at radius 2 is 0.930 bits per heavy atom. The number of rotatable bonds is 37. The lowest BCUT2D eigenvalue weighted by molar-refractivity contribution is 0.116. The van der Waals surface area contributed by atoms with Crippen LogP contribution in [-0.2, 0) is 11.5 Å². The fourth-order valence-corrected chi connectivity index (χ4v) is 12.1. The highest BCUT2D eigenvalue weighted by Gasteiger charge is 2.38. The standard InChI is InChI=1S/C26H48OS2.C25H44OS2/c1-4-7-9-11-13-15-20-28-22-26(19-17-18-24(6-3)25(26)27)23-29-21-16-14-12-10-8-5-2;1-4-6-8-10-12-14-16-27-20-23-18-22(3)25(26)24(19-23)21-28-17-15-13-11-9-7-5-2/h17-19,25,27H,4-16,20-23H2,1-3H3;18-19,26H,4-17,20-21H2,1-3H3. The highest BCUT2D eigenvalue weighted by atomic mass is 32.2. The first-order valence-electron chi connectivity index (χ1n) is 24.1. The SMILES string of the molecule is CCCCCCCCSCC1(CSCCCCCCCC)C=CC=C(CC)C1O.CCCCCCCCSCc1cc(C)c(O)c(CSCCCCCCCC)c1. The summed E-state index contributed by atoms with van der Waals surface area (Å²) in [5.74, 6) is 9.59. The minimum atomic E-state index is -0.299. The van der Waals surface area contributed by atoms with E-state index in [9.17, 15) is 10.2 Å². The van der Waals surface area contributed by atoms with Crippen LogP contribution in [0.25, 0.3) is 0 Å². The molecule has 1 aromatic carbocycles. The molecule has 0 aromatic heterocycles. The van der Waals surface area contributed by atoms with Gasteiger partial charge in [-0.15, -0.1) is 0 Å². The van der Waals surface area contributed by atoms with E-state index in [-0.39, 0.29) is 11.5 Å². The Bertz CT molecular complexity index is 1100. The van der Waals surface area contributed by atoms with Gasteiger partial charge in [0.15, 0.2) is 0 Å². The summed E-state index contributed by atoms with van der Waals surface area (Å²) in [7, 11) is 0. The van der Waals surface area contributed by atoms with Gasteiger partial charge in [0.05, 0.1) is 6.10 Å². The van der Waals surface area contributed by atoms with Gasteiger partial charge in [-0.2, -0.15) is 47.0 Å². The molecular weight excluding hydrogens is 773 g/mol. The zero-order chi connectivity index (χ0) is 41.7. The minimum absolute atomic E-state index is 0.0696. The van der Waals surface area contributed by atoms with E-state index in [2.05, 4.69) is 88.5 Å². The Hall–Kier alpha value is -0.140. The first kappa shape index (κ1) is 54.9. The third-order valence-electron chi connectivity index (χ3n) is 11.3. The number of hydrogen-bond acceptors (Lipinski definition) is 6. The van der Waals surface area contributed by atoms with Crippen LogP contribution in [0.2, 0.25) is 0 Å².